The van der Waals surface area contributed by atoms with Crippen molar-refractivity contribution in [3.8, 4) is 11.3 Å². The summed E-state index contributed by atoms with van der Waals surface area (Å²) in [5.74, 6) is -0.973. The second-order valence-corrected chi connectivity index (χ2v) is 11.5. The van der Waals surface area contributed by atoms with Crippen LogP contribution in [0, 0.1) is 5.41 Å². The number of anilines is 2. The highest BCUT2D eigenvalue weighted by Gasteiger charge is 2.51. The number of aliphatic carboxylic acids is 1. The predicted octanol–water partition coefficient (Wildman–Crippen LogP) is 4.60. The second-order valence-electron chi connectivity index (χ2n) is 9.91. The zero-order valence-corrected chi connectivity index (χ0v) is 22.1. The molecule has 40 heavy (non-hydrogen) atoms. The average molecular weight is 577 g/mol. The summed E-state index contributed by atoms with van der Waals surface area (Å²) in [6, 6.07) is 12.6. The zero-order valence-electron chi connectivity index (χ0n) is 21.3. The van der Waals surface area contributed by atoms with Crippen molar-refractivity contribution in [1.82, 2.24) is 9.97 Å². The van der Waals surface area contributed by atoms with Gasteiger partial charge in [-0.25, -0.2) is 9.97 Å². The van der Waals surface area contributed by atoms with Gasteiger partial charge in [0.15, 0.2) is 5.03 Å². The van der Waals surface area contributed by atoms with Gasteiger partial charge in [-0.2, -0.15) is 21.6 Å². The minimum Gasteiger partial charge on any atom is -0.481 e. The molecule has 1 aliphatic heterocycles. The minimum absolute atomic E-state index is 0.132. The quantitative estimate of drug-likeness (QED) is 0.464. The molecular formula is C27H27F3N4O5S. The molecule has 1 aromatic carbocycles. The van der Waals surface area contributed by atoms with E-state index in [1.165, 1.54) is 18.2 Å². The van der Waals surface area contributed by atoms with E-state index in [1.54, 1.807) is 29.2 Å². The van der Waals surface area contributed by atoms with Crippen LogP contribution in [0.2, 0.25) is 0 Å². The van der Waals surface area contributed by atoms with Crippen molar-refractivity contribution < 1.29 is 36.2 Å². The van der Waals surface area contributed by atoms with Crippen LogP contribution in [0.3, 0.4) is 0 Å². The number of carboxylic acid groups (broad SMARTS) is 1. The monoisotopic (exact) mass is 576 g/mol. The number of fused-ring (bicyclic) bond motifs is 6. The molecule has 0 atom stereocenters. The highest BCUT2D eigenvalue weighted by Crippen LogP contribution is 2.47. The lowest BCUT2D eigenvalue weighted by Gasteiger charge is -2.27. The third kappa shape index (κ3) is 5.89. The number of hydrogen-bond donors (Lipinski definition) is 2. The van der Waals surface area contributed by atoms with Crippen molar-refractivity contribution in [3.63, 3.8) is 0 Å². The van der Waals surface area contributed by atoms with Crippen molar-refractivity contribution in [1.29, 1.82) is 0 Å². The Kier molecular flexibility index (Phi) is 7.44. The fraction of sp³-hybridized carbons (Fsp3) is 0.370. The molecule has 212 valence electrons. The minimum atomic E-state index is -4.72. The molecule has 1 aliphatic carbocycles. The molecule has 0 spiro atoms. The maximum absolute atomic E-state index is 14.0. The van der Waals surface area contributed by atoms with Crippen molar-refractivity contribution in [3.05, 3.63) is 65.7 Å². The molecule has 13 heteroatoms. The third-order valence-corrected chi connectivity index (χ3v) is 8.32. The predicted molar refractivity (Wildman–Crippen MR) is 140 cm³/mol. The number of carboxylic acids is 1. The van der Waals surface area contributed by atoms with E-state index in [0.717, 1.165) is 12.1 Å². The number of nitrogens with one attached hydrogen (secondary N) is 1. The number of benzene rings is 1. The summed E-state index contributed by atoms with van der Waals surface area (Å²) in [4.78, 5) is 21.9. The molecule has 2 aromatic heterocycles. The maximum atomic E-state index is 14.0. The summed E-state index contributed by atoms with van der Waals surface area (Å²) >= 11 is 0. The van der Waals surface area contributed by atoms with Gasteiger partial charge in [0.05, 0.1) is 23.3 Å². The van der Waals surface area contributed by atoms with Gasteiger partial charge >= 0.3 is 12.1 Å². The fourth-order valence-electron chi connectivity index (χ4n) is 4.71. The van der Waals surface area contributed by atoms with E-state index in [0.29, 0.717) is 37.9 Å². The van der Waals surface area contributed by atoms with E-state index in [4.69, 9.17) is 4.74 Å². The number of pyridine rings is 2. The van der Waals surface area contributed by atoms with Crippen molar-refractivity contribution in [2.45, 2.75) is 36.9 Å². The van der Waals surface area contributed by atoms with E-state index in [2.05, 4.69) is 14.7 Å². The Morgan fingerprint density at radius 2 is 1.82 bits per heavy atom. The molecule has 1 saturated carbocycles. The van der Waals surface area contributed by atoms with Crippen LogP contribution in [0.4, 0.5) is 24.8 Å². The lowest BCUT2D eigenvalue weighted by Crippen LogP contribution is -2.37. The number of carbonyl (C=O) groups is 1. The molecule has 0 radical (unpaired) electrons. The largest absolute Gasteiger partial charge is 0.481 e. The first-order chi connectivity index (χ1) is 19.0. The number of aryl methyl sites for hydroxylation is 1. The van der Waals surface area contributed by atoms with Gasteiger partial charge in [0.25, 0.3) is 10.0 Å². The molecule has 0 unspecified atom stereocenters. The SMILES string of the molecule is O=C(O)C1(CN2CCOCCCc3ccccc3-c3nc(ccc3C(F)(F)F)NS(=O)(=O)c3cccc2n3)CC1. The Bertz CT molecular complexity index is 1530. The number of sulfonamides is 1. The highest BCUT2D eigenvalue weighted by molar-refractivity contribution is 7.92. The molecule has 9 nitrogen and oxygen atoms in total. The topological polar surface area (TPSA) is 122 Å². The first-order valence-corrected chi connectivity index (χ1v) is 14.2. The number of hydrogen-bond acceptors (Lipinski definition) is 7. The van der Waals surface area contributed by atoms with E-state index in [-0.39, 0.29) is 47.6 Å². The molecule has 2 N–H and O–H groups in total. The van der Waals surface area contributed by atoms with Crippen LogP contribution >= 0.6 is 0 Å². The molecule has 1 fully saturated rings. The number of aromatic nitrogens is 2. The Hall–Kier alpha value is -3.71. The summed E-state index contributed by atoms with van der Waals surface area (Å²) in [7, 11) is -4.36. The summed E-state index contributed by atoms with van der Waals surface area (Å²) in [5, 5.41) is 9.32. The van der Waals surface area contributed by atoms with Gasteiger partial charge < -0.3 is 14.7 Å². The summed E-state index contributed by atoms with van der Waals surface area (Å²) in [6.45, 7) is 0.934. The van der Waals surface area contributed by atoms with Crippen LogP contribution in [-0.4, -0.2) is 55.8 Å². The van der Waals surface area contributed by atoms with E-state index >= 15 is 0 Å². The van der Waals surface area contributed by atoms with Crippen molar-refractivity contribution in [2.24, 2.45) is 5.41 Å². The molecule has 2 aliphatic rings. The van der Waals surface area contributed by atoms with Gasteiger partial charge in [0.1, 0.15) is 11.6 Å². The fourth-order valence-corrected chi connectivity index (χ4v) is 5.68. The Morgan fingerprint density at radius 3 is 2.55 bits per heavy atom. The summed E-state index contributed by atoms with van der Waals surface area (Å²) in [6.07, 6.45) is -2.80. The van der Waals surface area contributed by atoms with Gasteiger partial charge in [0, 0.05) is 25.3 Å². The number of halogens is 3. The number of alkyl halides is 3. The molecule has 5 rings (SSSR count). The molecule has 0 amide bonds. The third-order valence-electron chi connectivity index (χ3n) is 7.06. The zero-order chi connectivity index (χ0) is 28.5. The average Bonchev–Trinajstić information content (AvgIpc) is 3.70. The Labute approximate surface area is 229 Å². The highest BCUT2D eigenvalue weighted by atomic mass is 32.2. The molecule has 3 heterocycles. The molecule has 0 saturated heterocycles. The van der Waals surface area contributed by atoms with Crippen LogP contribution in [-0.2, 0) is 32.2 Å². The Morgan fingerprint density at radius 1 is 1.05 bits per heavy atom. The van der Waals surface area contributed by atoms with Gasteiger partial charge in [-0.05, 0) is 55.5 Å². The number of ether oxygens (including phenoxy) is 1. The van der Waals surface area contributed by atoms with Crippen LogP contribution in [0.5, 0.6) is 0 Å². The van der Waals surface area contributed by atoms with Crippen LogP contribution in [0.15, 0.2) is 59.6 Å². The standard InChI is InChI=1S/C27H27F3N4O5S/c28-27(29,30)20-10-11-21-31-24(20)19-7-2-1-5-18(19)6-4-15-39-16-14-34(17-26(12-13-26)25(35)36)22-8-3-9-23(32-22)40(37,38)33-21/h1-3,5,7-11H,4,6,12-17H2,(H,31,33)(H,35,36). The molecule has 4 bridgehead atoms. The first kappa shape index (κ1) is 27.8. The normalized spacial score (nSPS) is 18.6. The van der Waals surface area contributed by atoms with Crippen molar-refractivity contribution >= 4 is 27.6 Å². The lowest BCUT2D eigenvalue weighted by molar-refractivity contribution is -0.143. The molecular weight excluding hydrogens is 549 g/mol. The summed E-state index contributed by atoms with van der Waals surface area (Å²) in [5.41, 5.74) is -1.45. The summed E-state index contributed by atoms with van der Waals surface area (Å²) < 4.78 is 76.5. The van der Waals surface area contributed by atoms with Gasteiger partial charge in [-0.15, -0.1) is 0 Å². The first-order valence-electron chi connectivity index (χ1n) is 12.7. The van der Waals surface area contributed by atoms with E-state index in [9.17, 15) is 31.5 Å². The van der Waals surface area contributed by atoms with Crippen LogP contribution < -0.4 is 9.62 Å². The second kappa shape index (κ2) is 10.7. The van der Waals surface area contributed by atoms with Crippen LogP contribution in [0.25, 0.3) is 11.3 Å². The van der Waals surface area contributed by atoms with E-state index in [1.807, 2.05) is 0 Å². The molecule has 3 aromatic rings. The lowest BCUT2D eigenvalue weighted by atomic mass is 9.97. The van der Waals surface area contributed by atoms with Crippen molar-refractivity contribution in [2.75, 3.05) is 35.9 Å². The smallest absolute Gasteiger partial charge is 0.418 e. The number of rotatable bonds is 3. The number of nitrogens with zero attached hydrogens (tertiary/aromatic N) is 3. The van der Waals surface area contributed by atoms with Crippen LogP contribution in [0.1, 0.15) is 30.4 Å². The van der Waals surface area contributed by atoms with Gasteiger partial charge in [-0.1, -0.05) is 30.3 Å². The van der Waals surface area contributed by atoms with Gasteiger partial charge in [0.2, 0.25) is 0 Å². The maximum Gasteiger partial charge on any atom is 0.418 e. The van der Waals surface area contributed by atoms with E-state index < -0.39 is 33.1 Å². The van der Waals surface area contributed by atoms with Gasteiger partial charge in [-0.3, -0.25) is 9.52 Å². The Balaban J connectivity index is 1.57.